The summed E-state index contributed by atoms with van der Waals surface area (Å²) < 4.78 is 33.3. The number of carbonyl (C=O) groups is 9. The van der Waals surface area contributed by atoms with Gasteiger partial charge in [0, 0.05) is 25.0 Å². The molecule has 3 aromatic carbocycles. The number of aliphatic hydroxyl groups excluding tert-OH is 3. The molecule has 21 nitrogen and oxygen atoms in total. The van der Waals surface area contributed by atoms with Crippen LogP contribution >= 0.6 is 0 Å². The molecule has 21 heteroatoms. The molecule has 6 rings (SSSR count). The van der Waals surface area contributed by atoms with Crippen LogP contribution in [0.1, 0.15) is 114 Å². The van der Waals surface area contributed by atoms with Crippen LogP contribution in [0.4, 0.5) is 0 Å². The number of hydrogen-bond acceptors (Lipinski definition) is 18. The number of amides is 6. The third-order valence-electron chi connectivity index (χ3n) is 11.7. The molecule has 3 aliphatic rings. The van der Waals surface area contributed by atoms with Crippen LogP contribution in [0.3, 0.4) is 0 Å². The number of nitrogens with zero attached hydrogens (tertiary/aromatic N) is 3. The van der Waals surface area contributed by atoms with Crippen molar-refractivity contribution in [3.05, 3.63) is 143 Å². The molecule has 0 saturated carbocycles. The molecule has 3 N–H and O–H groups in total. The number of hydrogen-bond donors (Lipinski definition) is 3. The van der Waals surface area contributed by atoms with E-state index in [1.54, 1.807) is 6.92 Å². The smallest absolute Gasteiger partial charge is 0.338 e. The molecular weight excluding hydrogens is 955 g/mol. The Labute approximate surface area is 420 Å². The molecule has 0 spiro atoms. The molecule has 388 valence electrons. The first kappa shape index (κ1) is 56.4. The topological polar surface area (TPSA) is 279 Å². The van der Waals surface area contributed by atoms with E-state index in [0.717, 1.165) is 14.7 Å². The maximum atomic E-state index is 12.9. The minimum atomic E-state index is -1.34. The van der Waals surface area contributed by atoms with Crippen LogP contribution < -0.4 is 0 Å². The summed E-state index contributed by atoms with van der Waals surface area (Å²) in [6.07, 6.45) is 0.458. The quantitative estimate of drug-likeness (QED) is 0.0408. The Bertz CT molecular complexity index is 2400. The Morgan fingerprint density at radius 3 is 0.986 bits per heavy atom. The number of aliphatic hydroxyl groups is 3. The predicted molar refractivity (Wildman–Crippen MR) is 257 cm³/mol. The average Bonchev–Trinajstić information content (AvgIpc) is 3.87. The van der Waals surface area contributed by atoms with Gasteiger partial charge in [-0.05, 0) is 61.0 Å². The lowest BCUT2D eigenvalue weighted by Crippen LogP contribution is -2.40. The van der Waals surface area contributed by atoms with Gasteiger partial charge in [0.15, 0.2) is 0 Å². The van der Waals surface area contributed by atoms with Gasteiger partial charge >= 0.3 is 17.9 Å². The number of rotatable bonds is 28. The first-order valence-corrected chi connectivity index (χ1v) is 22.6. The first-order chi connectivity index (χ1) is 34.5. The third kappa shape index (κ3) is 12.9. The average molecular weight is 1010 g/mol. The fraction of sp³-hybridized carbons (Fsp3) is 0.365. The van der Waals surface area contributed by atoms with Crippen molar-refractivity contribution in [2.45, 2.75) is 39.1 Å². The Hall–Kier alpha value is -7.53. The van der Waals surface area contributed by atoms with Crippen molar-refractivity contribution in [2.75, 3.05) is 79.1 Å². The SMILES string of the molecule is C.C=CCN1C(=O)c2ccc(C(=O)OCC(O)COCC(CC)(COCC(O)COC(=O)c3ccc4c(c3)C(=O)N(CC=C)C4=O)COCC(O)COC(=O)c3ccc4c(c3)C(=O)N(CC=C)C4=O)cc2C1=O. The molecule has 3 heterocycles. The fourth-order valence-corrected chi connectivity index (χ4v) is 7.71. The zero-order chi connectivity index (χ0) is 52.3. The van der Waals surface area contributed by atoms with Gasteiger partial charge in [-0.25, -0.2) is 14.4 Å². The molecule has 0 bridgehead atoms. The maximum absolute atomic E-state index is 12.9. The van der Waals surface area contributed by atoms with E-state index in [2.05, 4.69) is 19.7 Å². The maximum Gasteiger partial charge on any atom is 0.338 e. The van der Waals surface area contributed by atoms with E-state index < -0.39 is 96.9 Å². The molecule has 0 aliphatic carbocycles. The van der Waals surface area contributed by atoms with Gasteiger partial charge in [0.25, 0.3) is 35.4 Å². The zero-order valence-electron chi connectivity index (χ0n) is 39.3. The van der Waals surface area contributed by atoms with Crippen LogP contribution in [-0.2, 0) is 28.4 Å². The van der Waals surface area contributed by atoms with Gasteiger partial charge in [0.05, 0.1) is 89.7 Å². The van der Waals surface area contributed by atoms with Gasteiger partial charge in [-0.2, -0.15) is 0 Å². The monoisotopic (exact) mass is 1010 g/mol. The summed E-state index contributed by atoms with van der Waals surface area (Å²) in [5, 5.41) is 32.1. The van der Waals surface area contributed by atoms with E-state index in [0.29, 0.717) is 6.42 Å². The zero-order valence-corrected chi connectivity index (χ0v) is 39.3. The molecule has 0 radical (unpaired) electrons. The molecule has 73 heavy (non-hydrogen) atoms. The Morgan fingerprint density at radius 1 is 0.479 bits per heavy atom. The highest BCUT2D eigenvalue weighted by molar-refractivity contribution is 6.23. The summed E-state index contributed by atoms with van der Waals surface area (Å²) in [6.45, 7) is 9.28. The van der Waals surface area contributed by atoms with E-state index >= 15 is 0 Å². The van der Waals surface area contributed by atoms with Crippen LogP contribution in [0.2, 0.25) is 0 Å². The minimum absolute atomic E-state index is 0. The van der Waals surface area contributed by atoms with E-state index in [1.165, 1.54) is 72.8 Å². The van der Waals surface area contributed by atoms with Crippen molar-refractivity contribution in [3.63, 3.8) is 0 Å². The standard InChI is InChI=1S/C51H53N3O18.CH4/c1-5-15-52-42(58)36-12-9-30(18-39(36)45(52)61)48(64)70-24-33(55)21-67-27-51(8-4,28-68-22-34(56)25-71-49(65)31-10-13-37-40(19-31)46(62)53(16-6-2)43(37)59)29-69-23-35(57)26-72-50(66)32-11-14-38-41(20-32)47(63)54(17-7-3)44(38)60;/h5-7,9-14,18-20,33-35,55-57H,1-3,8,15-17,21-29H2,4H3;1H4. The third-order valence-corrected chi connectivity index (χ3v) is 11.7. The van der Waals surface area contributed by atoms with Crippen LogP contribution in [0.15, 0.2) is 92.6 Å². The summed E-state index contributed by atoms with van der Waals surface area (Å²) in [6, 6.07) is 11.7. The van der Waals surface area contributed by atoms with Crippen LogP contribution in [-0.4, -0.2) is 181 Å². The van der Waals surface area contributed by atoms with E-state index in [-0.39, 0.29) is 117 Å². The van der Waals surface area contributed by atoms with Crippen LogP contribution in [0, 0.1) is 5.41 Å². The van der Waals surface area contributed by atoms with E-state index in [9.17, 15) is 58.5 Å². The molecule has 0 fully saturated rings. The highest BCUT2D eigenvalue weighted by atomic mass is 16.6. The number of fused-ring (bicyclic) bond motifs is 3. The predicted octanol–water partition coefficient (Wildman–Crippen LogP) is 3.07. The van der Waals surface area contributed by atoms with Gasteiger partial charge < -0.3 is 43.7 Å². The summed E-state index contributed by atoms with van der Waals surface area (Å²) in [5.74, 6) is -5.97. The van der Waals surface area contributed by atoms with Crippen molar-refractivity contribution in [1.82, 2.24) is 14.7 Å². The van der Waals surface area contributed by atoms with Crippen LogP contribution in [0.25, 0.3) is 0 Å². The second-order valence-electron chi connectivity index (χ2n) is 17.0. The number of esters is 3. The largest absolute Gasteiger partial charge is 0.459 e. The Kier molecular flexibility index (Phi) is 19.5. The molecule has 3 aliphatic heterocycles. The minimum Gasteiger partial charge on any atom is -0.459 e. The summed E-state index contributed by atoms with van der Waals surface area (Å²) in [4.78, 5) is 117. The summed E-state index contributed by atoms with van der Waals surface area (Å²) in [7, 11) is 0. The van der Waals surface area contributed by atoms with Crippen molar-refractivity contribution in [3.8, 4) is 0 Å². The molecule has 0 aromatic heterocycles. The Morgan fingerprint density at radius 2 is 0.740 bits per heavy atom. The van der Waals surface area contributed by atoms with Gasteiger partial charge in [-0.3, -0.25) is 43.5 Å². The molecule has 3 atom stereocenters. The second kappa shape index (κ2) is 25.2. The molecular formula is C52H57N3O18. The van der Waals surface area contributed by atoms with Crippen molar-refractivity contribution >= 4 is 53.4 Å². The molecule has 3 unspecified atom stereocenters. The number of carbonyl (C=O) groups excluding carboxylic acids is 9. The summed E-state index contributed by atoms with van der Waals surface area (Å²) in [5.41, 5.74) is -0.666. The lowest BCUT2D eigenvalue weighted by Gasteiger charge is -2.33. The fourth-order valence-electron chi connectivity index (χ4n) is 7.71. The van der Waals surface area contributed by atoms with Gasteiger partial charge in [0.2, 0.25) is 0 Å². The number of imide groups is 3. The van der Waals surface area contributed by atoms with Gasteiger partial charge in [-0.15, -0.1) is 19.7 Å². The summed E-state index contributed by atoms with van der Waals surface area (Å²) >= 11 is 0. The van der Waals surface area contributed by atoms with Gasteiger partial charge in [-0.1, -0.05) is 32.6 Å². The Balaban J connectivity index is 0.00000988. The molecule has 0 saturated heterocycles. The second-order valence-corrected chi connectivity index (χ2v) is 17.0. The van der Waals surface area contributed by atoms with E-state index in [4.69, 9.17) is 28.4 Å². The normalized spacial score (nSPS) is 15.7. The van der Waals surface area contributed by atoms with Crippen molar-refractivity contribution in [1.29, 1.82) is 0 Å². The molecule has 6 amide bonds. The van der Waals surface area contributed by atoms with Crippen molar-refractivity contribution < 1.29 is 86.9 Å². The van der Waals surface area contributed by atoms with E-state index in [1.807, 2.05) is 0 Å². The first-order valence-electron chi connectivity index (χ1n) is 22.6. The highest BCUT2D eigenvalue weighted by Gasteiger charge is 2.38. The number of benzene rings is 3. The van der Waals surface area contributed by atoms with Crippen molar-refractivity contribution in [2.24, 2.45) is 5.41 Å². The lowest BCUT2D eigenvalue weighted by atomic mass is 9.88. The number of ether oxygens (including phenoxy) is 6. The van der Waals surface area contributed by atoms with Crippen LogP contribution in [0.5, 0.6) is 0 Å². The highest BCUT2D eigenvalue weighted by Crippen LogP contribution is 2.28. The lowest BCUT2D eigenvalue weighted by molar-refractivity contribution is -0.108. The molecule has 3 aromatic rings. The van der Waals surface area contributed by atoms with Gasteiger partial charge in [0.1, 0.15) is 38.1 Å².